The van der Waals surface area contributed by atoms with Crippen LogP contribution in [0, 0.1) is 0 Å². The number of carbonyl (C=O) groups excluding carboxylic acids is 2. The standard InChI is InChI=1S/C11H20N4O5S2/c1-11(2,3)20-10(17)12-7-6-15(8(7)16)9(21)13-22(18,19)14(4)5/h7H,6H2,1-5H3,(H,12,17)(H,13,21)/t7-/m0/s1. The Morgan fingerprint density at radius 3 is 2.36 bits per heavy atom. The Labute approximate surface area is 135 Å². The lowest BCUT2D eigenvalue weighted by atomic mass is 10.1. The Morgan fingerprint density at radius 1 is 1.41 bits per heavy atom. The van der Waals surface area contributed by atoms with Gasteiger partial charge >= 0.3 is 16.3 Å². The molecule has 1 atom stereocenters. The van der Waals surface area contributed by atoms with Gasteiger partial charge in [-0.3, -0.25) is 9.69 Å². The van der Waals surface area contributed by atoms with Crippen molar-refractivity contribution in [3.05, 3.63) is 0 Å². The van der Waals surface area contributed by atoms with Crippen LogP contribution < -0.4 is 10.0 Å². The highest BCUT2D eigenvalue weighted by Gasteiger charge is 2.41. The third-order valence-electron chi connectivity index (χ3n) is 2.56. The van der Waals surface area contributed by atoms with Crippen molar-refractivity contribution in [3.63, 3.8) is 0 Å². The van der Waals surface area contributed by atoms with Crippen LogP contribution in [-0.2, 0) is 19.7 Å². The van der Waals surface area contributed by atoms with Gasteiger partial charge in [0.2, 0.25) is 0 Å². The molecule has 1 saturated heterocycles. The van der Waals surface area contributed by atoms with Crippen molar-refractivity contribution in [2.75, 3.05) is 20.6 Å². The first-order chi connectivity index (χ1) is 9.83. The number of carbonyl (C=O) groups is 2. The topological polar surface area (TPSA) is 108 Å². The summed E-state index contributed by atoms with van der Waals surface area (Å²) in [6, 6.07) is -0.781. The Morgan fingerprint density at radius 2 is 1.95 bits per heavy atom. The van der Waals surface area contributed by atoms with Gasteiger partial charge in [0, 0.05) is 14.1 Å². The molecule has 0 radical (unpaired) electrons. The highest BCUT2D eigenvalue weighted by atomic mass is 32.2. The van der Waals surface area contributed by atoms with E-state index in [9.17, 15) is 18.0 Å². The number of hydrogen-bond donors (Lipinski definition) is 2. The Bertz CT molecular complexity index is 582. The molecule has 1 heterocycles. The first kappa shape index (κ1) is 18.6. The highest BCUT2D eigenvalue weighted by molar-refractivity contribution is 7.89. The monoisotopic (exact) mass is 352 g/mol. The molecule has 0 unspecified atom stereocenters. The highest BCUT2D eigenvalue weighted by Crippen LogP contribution is 2.13. The number of likely N-dealkylation sites (tertiary alicyclic amines) is 1. The van der Waals surface area contributed by atoms with Gasteiger partial charge in [-0.05, 0) is 33.0 Å². The minimum atomic E-state index is -3.77. The summed E-state index contributed by atoms with van der Waals surface area (Å²) >= 11 is 4.87. The van der Waals surface area contributed by atoms with E-state index in [2.05, 4.69) is 10.0 Å². The van der Waals surface area contributed by atoms with Crippen molar-refractivity contribution in [2.24, 2.45) is 0 Å². The van der Waals surface area contributed by atoms with E-state index in [1.54, 1.807) is 20.8 Å². The molecule has 1 aliphatic heterocycles. The van der Waals surface area contributed by atoms with Crippen LogP contribution in [0.3, 0.4) is 0 Å². The van der Waals surface area contributed by atoms with Crippen LogP contribution in [-0.4, -0.2) is 67.0 Å². The van der Waals surface area contributed by atoms with E-state index in [0.29, 0.717) is 0 Å². The molecule has 1 rings (SSSR count). The molecule has 0 saturated carbocycles. The largest absolute Gasteiger partial charge is 0.444 e. The van der Waals surface area contributed by atoms with Gasteiger partial charge in [0.1, 0.15) is 11.6 Å². The second kappa shape index (κ2) is 6.34. The van der Waals surface area contributed by atoms with Crippen LogP contribution in [0.25, 0.3) is 0 Å². The van der Waals surface area contributed by atoms with Gasteiger partial charge in [-0.25, -0.2) is 9.52 Å². The third-order valence-corrected chi connectivity index (χ3v) is 4.43. The smallest absolute Gasteiger partial charge is 0.408 e. The molecule has 0 bridgehead atoms. The van der Waals surface area contributed by atoms with Gasteiger partial charge < -0.3 is 10.1 Å². The first-order valence-corrected chi connectivity index (χ1v) is 8.23. The molecule has 0 aromatic heterocycles. The fraction of sp³-hybridized carbons (Fsp3) is 0.727. The molecule has 0 aromatic rings. The number of nitrogens with one attached hydrogen (secondary N) is 2. The normalized spacial score (nSPS) is 18.7. The number of thiocarbonyl (C=S) groups is 1. The molecule has 11 heteroatoms. The third kappa shape index (κ3) is 4.78. The number of rotatable bonds is 3. The Kier molecular flexibility index (Phi) is 5.36. The van der Waals surface area contributed by atoms with Crippen LogP contribution in [0.2, 0.25) is 0 Å². The summed E-state index contributed by atoms with van der Waals surface area (Å²) in [5.41, 5.74) is -0.673. The van der Waals surface area contributed by atoms with Gasteiger partial charge in [0.15, 0.2) is 5.11 Å². The average Bonchev–Trinajstić information content (AvgIpc) is 2.30. The molecule has 0 spiro atoms. The Balaban J connectivity index is 2.53. The van der Waals surface area contributed by atoms with Crippen molar-refractivity contribution in [2.45, 2.75) is 32.4 Å². The van der Waals surface area contributed by atoms with Crippen LogP contribution in [0.4, 0.5) is 4.79 Å². The van der Waals surface area contributed by atoms with Crippen molar-refractivity contribution in [1.29, 1.82) is 0 Å². The maximum Gasteiger partial charge on any atom is 0.408 e. The van der Waals surface area contributed by atoms with E-state index in [0.717, 1.165) is 9.21 Å². The minimum absolute atomic E-state index is 0.0762. The van der Waals surface area contributed by atoms with Gasteiger partial charge in [-0.1, -0.05) is 0 Å². The van der Waals surface area contributed by atoms with Crippen LogP contribution in [0.15, 0.2) is 0 Å². The van der Waals surface area contributed by atoms with Crippen molar-refractivity contribution in [1.82, 2.24) is 19.2 Å². The maximum atomic E-state index is 11.9. The number of β-lactam (4-membered cyclic amide) rings is 1. The first-order valence-electron chi connectivity index (χ1n) is 6.38. The van der Waals surface area contributed by atoms with Gasteiger partial charge in [-0.2, -0.15) is 12.7 Å². The van der Waals surface area contributed by atoms with Gasteiger partial charge in [0.25, 0.3) is 5.91 Å². The van der Waals surface area contributed by atoms with E-state index in [1.165, 1.54) is 14.1 Å². The maximum absolute atomic E-state index is 11.9. The second-order valence-electron chi connectivity index (χ2n) is 5.84. The molecular weight excluding hydrogens is 332 g/mol. The molecule has 2 N–H and O–H groups in total. The predicted octanol–water partition coefficient (Wildman–Crippen LogP) is -0.597. The second-order valence-corrected chi connectivity index (χ2v) is 8.11. The predicted molar refractivity (Wildman–Crippen MR) is 83.2 cm³/mol. The van der Waals surface area contributed by atoms with Crippen LogP contribution in [0.1, 0.15) is 20.8 Å². The van der Waals surface area contributed by atoms with Gasteiger partial charge in [-0.15, -0.1) is 0 Å². The zero-order valence-electron chi connectivity index (χ0n) is 13.0. The van der Waals surface area contributed by atoms with Crippen molar-refractivity contribution < 1.29 is 22.7 Å². The molecule has 22 heavy (non-hydrogen) atoms. The minimum Gasteiger partial charge on any atom is -0.444 e. The van der Waals surface area contributed by atoms with Crippen molar-refractivity contribution >= 4 is 39.5 Å². The fourth-order valence-corrected chi connectivity index (χ4v) is 2.42. The molecular formula is C11H20N4O5S2. The summed E-state index contributed by atoms with van der Waals surface area (Å²) in [6.45, 7) is 5.18. The van der Waals surface area contributed by atoms with Crippen molar-refractivity contribution in [3.8, 4) is 0 Å². The number of hydrogen-bond acceptors (Lipinski definition) is 6. The molecule has 2 amide bonds. The number of ether oxygens (including phenoxy) is 1. The summed E-state index contributed by atoms with van der Waals surface area (Å²) < 4.78 is 31.3. The molecule has 1 aliphatic rings. The molecule has 0 aromatic carbocycles. The summed E-state index contributed by atoms with van der Waals surface area (Å²) in [5.74, 6) is -0.502. The summed E-state index contributed by atoms with van der Waals surface area (Å²) in [7, 11) is -1.11. The number of amides is 2. The molecule has 0 aliphatic carbocycles. The number of alkyl carbamates (subject to hydrolysis) is 1. The summed E-state index contributed by atoms with van der Waals surface area (Å²) in [4.78, 5) is 24.5. The molecule has 9 nitrogen and oxygen atoms in total. The van der Waals surface area contributed by atoms with E-state index >= 15 is 0 Å². The summed E-state index contributed by atoms with van der Waals surface area (Å²) in [5, 5.41) is 2.16. The number of nitrogens with zero attached hydrogens (tertiary/aromatic N) is 2. The zero-order chi connectivity index (χ0) is 17.3. The lowest BCUT2D eigenvalue weighted by Gasteiger charge is -2.38. The van der Waals surface area contributed by atoms with Crippen LogP contribution >= 0.6 is 12.2 Å². The lowest BCUT2D eigenvalue weighted by Crippen LogP contribution is -2.67. The summed E-state index contributed by atoms with van der Waals surface area (Å²) in [6.07, 6.45) is -0.717. The fourth-order valence-electron chi connectivity index (χ4n) is 1.42. The average molecular weight is 352 g/mol. The van der Waals surface area contributed by atoms with E-state index in [4.69, 9.17) is 17.0 Å². The lowest BCUT2D eigenvalue weighted by molar-refractivity contribution is -0.137. The zero-order valence-corrected chi connectivity index (χ0v) is 14.7. The van der Waals surface area contributed by atoms with Crippen LogP contribution in [0.5, 0.6) is 0 Å². The SMILES string of the molecule is CN(C)S(=O)(=O)NC(=S)N1C[C@H](NC(=O)OC(C)(C)C)C1=O. The van der Waals surface area contributed by atoms with E-state index in [-0.39, 0.29) is 11.7 Å². The molecule has 126 valence electrons. The van der Waals surface area contributed by atoms with E-state index in [1.807, 2.05) is 0 Å². The Hall–Kier alpha value is -1.46. The van der Waals surface area contributed by atoms with Gasteiger partial charge in [0.05, 0.1) is 6.54 Å². The molecule has 1 fully saturated rings. The van der Waals surface area contributed by atoms with E-state index < -0.39 is 33.9 Å². The quantitative estimate of drug-likeness (QED) is 0.519.